The van der Waals surface area contributed by atoms with Gasteiger partial charge in [0.1, 0.15) is 0 Å². The SMILES string of the molecule is CN(C)C(CC[13CH2][13CH3])C(=O)N[13CH2]CC(=O)O.C[13C]([15NH2])=O. The summed E-state index contributed by atoms with van der Waals surface area (Å²) in [6.45, 7) is 3.58. The van der Waals surface area contributed by atoms with Gasteiger partial charge in [0.25, 0.3) is 0 Å². The second-order valence-corrected chi connectivity index (χ2v) is 4.67. The van der Waals surface area contributed by atoms with Crippen molar-refractivity contribution in [3.05, 3.63) is 0 Å². The number of carbonyl (C=O) groups is 3. The Morgan fingerprint density at radius 3 is 2.15 bits per heavy atom. The Morgan fingerprint density at radius 2 is 1.80 bits per heavy atom. The molecule has 0 saturated heterocycles. The molecule has 0 aromatic rings. The molecule has 0 radical (unpaired) electrons. The van der Waals surface area contributed by atoms with Crippen molar-refractivity contribution in [3.63, 3.8) is 0 Å². The molecule has 0 spiro atoms. The van der Waals surface area contributed by atoms with Gasteiger partial charge in [0.2, 0.25) is 11.8 Å². The van der Waals surface area contributed by atoms with Gasteiger partial charge in [-0.1, -0.05) is 19.8 Å². The van der Waals surface area contributed by atoms with E-state index in [-0.39, 0.29) is 30.8 Å². The summed E-state index contributed by atoms with van der Waals surface area (Å²) in [5, 5.41) is 11.1. The number of hydrogen-bond donors (Lipinski definition) is 3. The Labute approximate surface area is 120 Å². The third-order valence-corrected chi connectivity index (χ3v) is 2.40. The molecule has 0 bridgehead atoms. The number of likely N-dealkylation sites (N-methyl/N-ethyl adjacent to an activating group) is 1. The van der Waals surface area contributed by atoms with E-state index in [0.29, 0.717) is 0 Å². The van der Waals surface area contributed by atoms with Crippen LogP contribution in [0, 0.1) is 0 Å². The third-order valence-electron chi connectivity index (χ3n) is 2.40. The Bertz CT molecular complexity index is 302. The molecular weight excluding hydrogens is 267 g/mol. The Kier molecular flexibility index (Phi) is 12.8. The second-order valence-electron chi connectivity index (χ2n) is 4.67. The van der Waals surface area contributed by atoms with Gasteiger partial charge in [0.15, 0.2) is 0 Å². The number of primary amides is 1. The van der Waals surface area contributed by atoms with E-state index in [0.717, 1.165) is 19.3 Å². The average molecular weight is 294 g/mol. The summed E-state index contributed by atoms with van der Waals surface area (Å²) in [6.07, 6.45) is 2.82. The third kappa shape index (κ3) is 14.4. The predicted octanol–water partition coefficient (Wildman–Crippen LogP) is 0.189. The molecule has 0 fully saturated rings. The van der Waals surface area contributed by atoms with Crippen molar-refractivity contribution in [1.29, 1.82) is 0 Å². The fourth-order valence-corrected chi connectivity index (χ4v) is 1.43. The number of amides is 2. The lowest BCUT2D eigenvalue weighted by atomic mass is 10.1. The number of nitrogens with one attached hydrogen (secondary N) is 1. The van der Waals surface area contributed by atoms with E-state index >= 15 is 0 Å². The van der Waals surface area contributed by atoms with E-state index in [4.69, 9.17) is 5.11 Å². The van der Waals surface area contributed by atoms with Crippen molar-refractivity contribution < 1.29 is 19.5 Å². The molecule has 7 heteroatoms. The lowest BCUT2D eigenvalue weighted by molar-refractivity contribution is -0.137. The van der Waals surface area contributed by atoms with Gasteiger partial charge in [-0.25, -0.2) is 0 Å². The fraction of sp³-hybridized carbons (Fsp3) is 0.769. The molecule has 4 N–H and O–H groups in total. The maximum absolute atomic E-state index is 11.7. The van der Waals surface area contributed by atoms with Crippen LogP contribution in [0.2, 0.25) is 0 Å². The number of nitrogens with two attached hydrogens (primary N) is 1. The van der Waals surface area contributed by atoms with Crippen LogP contribution in [0.1, 0.15) is 39.5 Å². The van der Waals surface area contributed by atoms with Crippen LogP contribution in [0.3, 0.4) is 0 Å². The smallest absolute Gasteiger partial charge is 0.305 e. The minimum Gasteiger partial charge on any atom is -0.481 e. The van der Waals surface area contributed by atoms with Crippen LogP contribution in [-0.4, -0.2) is 54.5 Å². The van der Waals surface area contributed by atoms with Crippen molar-refractivity contribution in [2.45, 2.75) is 45.6 Å². The van der Waals surface area contributed by atoms with Crippen molar-refractivity contribution >= 4 is 17.8 Å². The van der Waals surface area contributed by atoms with E-state index in [1.54, 1.807) is 0 Å². The largest absolute Gasteiger partial charge is 0.481 e. The quantitative estimate of drug-likeness (QED) is 0.437. The zero-order valence-corrected chi connectivity index (χ0v) is 12.8. The zero-order chi connectivity index (χ0) is 16.1. The Balaban J connectivity index is 0. The number of rotatable bonds is 8. The van der Waals surface area contributed by atoms with Gasteiger partial charge in [-0.3, -0.25) is 19.3 Å². The van der Waals surface area contributed by atoms with Crippen LogP contribution < -0.4 is 11.1 Å². The average Bonchev–Trinajstić information content (AvgIpc) is 2.27. The van der Waals surface area contributed by atoms with E-state index in [9.17, 15) is 14.4 Å². The number of carboxylic acids is 1. The summed E-state index contributed by atoms with van der Waals surface area (Å²) in [6, 6.07) is -0.159. The number of unbranched alkanes of at least 4 members (excludes halogenated alkanes) is 1. The first-order valence-electron chi connectivity index (χ1n) is 6.64. The fourth-order valence-electron chi connectivity index (χ4n) is 1.43. The first kappa shape index (κ1) is 20.7. The highest BCUT2D eigenvalue weighted by molar-refractivity contribution is 5.82. The van der Waals surface area contributed by atoms with Crippen LogP contribution in [0.4, 0.5) is 0 Å². The number of carboxylic acid groups (broad SMARTS) is 1. The highest BCUT2D eigenvalue weighted by Crippen LogP contribution is 2.05. The summed E-state index contributed by atoms with van der Waals surface area (Å²) in [5.74, 6) is -1.31. The Hall–Kier alpha value is -1.63. The molecule has 1 unspecified atom stereocenters. The van der Waals surface area contributed by atoms with Crippen LogP contribution in [0.5, 0.6) is 0 Å². The summed E-state index contributed by atoms with van der Waals surface area (Å²) in [5.41, 5.74) is 4.47. The lowest BCUT2D eigenvalue weighted by Crippen LogP contribution is -2.44. The van der Waals surface area contributed by atoms with Crippen LogP contribution in [-0.2, 0) is 14.4 Å². The molecule has 7 nitrogen and oxygen atoms in total. The molecule has 118 valence electrons. The topological polar surface area (TPSA) is 113 Å². The highest BCUT2D eigenvalue weighted by Gasteiger charge is 2.19. The van der Waals surface area contributed by atoms with Crippen molar-refractivity contribution in [1.82, 2.24) is 10.2 Å². The number of carbonyl (C=O) groups excluding carboxylic acids is 2. The molecule has 20 heavy (non-hydrogen) atoms. The van der Waals surface area contributed by atoms with Gasteiger partial charge in [0, 0.05) is 13.5 Å². The van der Waals surface area contributed by atoms with Crippen LogP contribution in [0.15, 0.2) is 0 Å². The zero-order valence-electron chi connectivity index (χ0n) is 12.8. The van der Waals surface area contributed by atoms with E-state index < -0.39 is 5.97 Å². The number of hydrogen-bond acceptors (Lipinski definition) is 4. The minimum atomic E-state index is -0.893. The van der Waals surface area contributed by atoms with Crippen LogP contribution in [0.25, 0.3) is 0 Å². The van der Waals surface area contributed by atoms with Crippen molar-refractivity contribution in [2.24, 2.45) is 5.73 Å². The van der Waals surface area contributed by atoms with E-state index in [1.807, 2.05) is 19.0 Å². The predicted molar refractivity (Wildman–Crippen MR) is 77.1 cm³/mol. The van der Waals surface area contributed by atoms with Gasteiger partial charge >= 0.3 is 5.97 Å². The summed E-state index contributed by atoms with van der Waals surface area (Å²) in [4.78, 5) is 33.1. The van der Waals surface area contributed by atoms with E-state index in [2.05, 4.69) is 18.0 Å². The molecule has 0 aliphatic rings. The molecule has 0 aliphatic heterocycles. The lowest BCUT2D eigenvalue weighted by Gasteiger charge is -2.23. The molecule has 0 rings (SSSR count). The maximum Gasteiger partial charge on any atom is 0.305 e. The maximum atomic E-state index is 11.7. The minimum absolute atomic E-state index is 0.0281. The molecule has 0 aromatic carbocycles. The number of nitrogens with zero attached hydrogens (tertiary/aromatic N) is 1. The first-order chi connectivity index (χ1) is 9.22. The summed E-state index contributed by atoms with van der Waals surface area (Å²) < 4.78 is 0. The van der Waals surface area contributed by atoms with Crippen molar-refractivity contribution in [2.75, 3.05) is 20.6 Å². The highest BCUT2D eigenvalue weighted by atomic mass is 16.4. The van der Waals surface area contributed by atoms with Gasteiger partial charge in [-0.05, 0) is 20.5 Å². The molecule has 2 amide bonds. The van der Waals surface area contributed by atoms with Crippen molar-refractivity contribution in [3.8, 4) is 0 Å². The van der Waals surface area contributed by atoms with Gasteiger partial charge < -0.3 is 16.2 Å². The van der Waals surface area contributed by atoms with Gasteiger partial charge in [-0.2, -0.15) is 0 Å². The molecule has 0 aromatic heterocycles. The summed E-state index contributed by atoms with van der Waals surface area (Å²) in [7, 11) is 3.72. The molecule has 1 atom stereocenters. The van der Waals surface area contributed by atoms with Gasteiger partial charge in [-0.15, -0.1) is 0 Å². The number of aliphatic carboxylic acids is 1. The summed E-state index contributed by atoms with van der Waals surface area (Å²) >= 11 is 0. The molecular formula is C13H27N3O4. The second kappa shape index (κ2) is 12.4. The normalized spacial score (nSPS) is 11.2. The van der Waals surface area contributed by atoms with Gasteiger partial charge in [0.05, 0.1) is 12.5 Å². The molecule has 0 heterocycles. The standard InChI is InChI=1S/C11H22N2O3.C2H5NO/c1-4-5-6-9(13(2)3)11(16)12-8-7-10(14)15;1-2(3)4/h9H,4-8H2,1-3H3,(H,12,16)(H,14,15);1H3,(H2,3,4)/i1+1,4+1,8+1;2+1,3+1. The van der Waals surface area contributed by atoms with E-state index in [1.165, 1.54) is 6.92 Å². The molecule has 0 saturated carbocycles. The molecule has 0 aliphatic carbocycles. The Morgan fingerprint density at radius 1 is 1.30 bits per heavy atom. The first-order valence-corrected chi connectivity index (χ1v) is 6.64. The van der Waals surface area contributed by atoms with Crippen LogP contribution >= 0.6 is 0 Å². The monoisotopic (exact) mass is 294 g/mol.